The van der Waals surface area contributed by atoms with Gasteiger partial charge < -0.3 is 10.5 Å². The van der Waals surface area contributed by atoms with E-state index in [9.17, 15) is 13.2 Å². The standard InChI is InChI=1S/C15H10F3N3O/c16-15(17,18)10-3-4-13(21-8-10)22-11-6-9-2-1-5-20-14(9)12(19)7-11/h1-8H,19H2. The smallest absolute Gasteiger partial charge is 0.417 e. The summed E-state index contributed by atoms with van der Waals surface area (Å²) in [6.45, 7) is 0. The molecule has 0 spiro atoms. The van der Waals surface area contributed by atoms with Gasteiger partial charge in [-0.15, -0.1) is 0 Å². The molecule has 0 saturated heterocycles. The molecule has 2 heterocycles. The summed E-state index contributed by atoms with van der Waals surface area (Å²) in [5.41, 5.74) is 6.10. The van der Waals surface area contributed by atoms with E-state index in [1.54, 1.807) is 24.4 Å². The van der Waals surface area contributed by atoms with Crippen LogP contribution in [-0.2, 0) is 6.18 Å². The summed E-state index contributed by atoms with van der Waals surface area (Å²) >= 11 is 0. The molecular weight excluding hydrogens is 295 g/mol. The lowest BCUT2D eigenvalue weighted by atomic mass is 10.2. The van der Waals surface area contributed by atoms with Crippen molar-refractivity contribution in [3.63, 3.8) is 0 Å². The fourth-order valence-corrected chi connectivity index (χ4v) is 1.98. The minimum absolute atomic E-state index is 0.0515. The Morgan fingerprint density at radius 3 is 2.55 bits per heavy atom. The lowest BCUT2D eigenvalue weighted by Gasteiger charge is -2.09. The van der Waals surface area contributed by atoms with Crippen LogP contribution < -0.4 is 10.5 Å². The lowest BCUT2D eigenvalue weighted by Crippen LogP contribution is -2.05. The quantitative estimate of drug-likeness (QED) is 0.726. The first-order chi connectivity index (χ1) is 10.4. The number of aromatic nitrogens is 2. The van der Waals surface area contributed by atoms with Crippen molar-refractivity contribution in [3.05, 3.63) is 54.4 Å². The van der Waals surface area contributed by atoms with Gasteiger partial charge in [0.25, 0.3) is 0 Å². The largest absolute Gasteiger partial charge is 0.439 e. The number of halogens is 3. The van der Waals surface area contributed by atoms with Gasteiger partial charge in [0.1, 0.15) is 5.75 Å². The highest BCUT2D eigenvalue weighted by atomic mass is 19.4. The minimum Gasteiger partial charge on any atom is -0.439 e. The first-order valence-corrected chi connectivity index (χ1v) is 6.29. The average molecular weight is 305 g/mol. The van der Waals surface area contributed by atoms with Gasteiger partial charge in [-0.25, -0.2) is 4.98 Å². The van der Waals surface area contributed by atoms with Crippen LogP contribution in [0.3, 0.4) is 0 Å². The summed E-state index contributed by atoms with van der Waals surface area (Å²) in [4.78, 5) is 7.80. The molecule has 0 aliphatic rings. The predicted molar refractivity (Wildman–Crippen MR) is 75.5 cm³/mol. The molecule has 0 atom stereocenters. The molecule has 0 fully saturated rings. The van der Waals surface area contributed by atoms with Gasteiger partial charge in [-0.1, -0.05) is 6.07 Å². The molecule has 0 aliphatic heterocycles. The van der Waals surface area contributed by atoms with Crippen LogP contribution in [0.15, 0.2) is 48.8 Å². The molecule has 0 aliphatic carbocycles. The van der Waals surface area contributed by atoms with Gasteiger partial charge in [0.2, 0.25) is 5.88 Å². The zero-order valence-corrected chi connectivity index (χ0v) is 11.1. The molecule has 4 nitrogen and oxygen atoms in total. The third kappa shape index (κ3) is 2.78. The fourth-order valence-electron chi connectivity index (χ4n) is 1.98. The average Bonchev–Trinajstić information content (AvgIpc) is 2.47. The minimum atomic E-state index is -4.43. The number of ether oxygens (including phenoxy) is 1. The third-order valence-corrected chi connectivity index (χ3v) is 2.99. The molecule has 3 rings (SSSR count). The number of nitrogens with zero attached hydrogens (tertiary/aromatic N) is 2. The van der Waals surface area contributed by atoms with Gasteiger partial charge >= 0.3 is 6.18 Å². The van der Waals surface area contributed by atoms with Gasteiger partial charge in [0.15, 0.2) is 0 Å². The highest BCUT2D eigenvalue weighted by Gasteiger charge is 2.30. The predicted octanol–water partition coefficient (Wildman–Crippen LogP) is 4.02. The number of pyridine rings is 2. The van der Waals surface area contributed by atoms with Gasteiger partial charge in [0, 0.05) is 29.9 Å². The molecule has 0 unspecified atom stereocenters. The number of hydrogen-bond donors (Lipinski definition) is 1. The van der Waals surface area contributed by atoms with Crippen molar-refractivity contribution in [2.24, 2.45) is 0 Å². The Hall–Kier alpha value is -2.83. The van der Waals surface area contributed by atoms with E-state index in [2.05, 4.69) is 9.97 Å². The van der Waals surface area contributed by atoms with Crippen molar-refractivity contribution >= 4 is 16.6 Å². The van der Waals surface area contributed by atoms with E-state index in [0.717, 1.165) is 23.7 Å². The van der Waals surface area contributed by atoms with Crippen molar-refractivity contribution in [2.75, 3.05) is 5.73 Å². The van der Waals surface area contributed by atoms with Crippen molar-refractivity contribution in [3.8, 4) is 11.6 Å². The highest BCUT2D eigenvalue weighted by molar-refractivity contribution is 5.90. The number of nitrogen functional groups attached to an aromatic ring is 1. The molecule has 22 heavy (non-hydrogen) atoms. The first kappa shape index (κ1) is 14.1. The van der Waals surface area contributed by atoms with Crippen molar-refractivity contribution in [1.82, 2.24) is 9.97 Å². The molecule has 7 heteroatoms. The Labute approximate surface area is 123 Å². The van der Waals surface area contributed by atoms with Crippen LogP contribution in [0.1, 0.15) is 5.56 Å². The summed E-state index contributed by atoms with van der Waals surface area (Å²) in [5.74, 6) is 0.431. The van der Waals surface area contributed by atoms with Gasteiger partial charge in [-0.2, -0.15) is 13.2 Å². The van der Waals surface area contributed by atoms with E-state index in [-0.39, 0.29) is 5.88 Å². The lowest BCUT2D eigenvalue weighted by molar-refractivity contribution is -0.137. The second-order valence-electron chi connectivity index (χ2n) is 4.57. The van der Waals surface area contributed by atoms with E-state index in [1.807, 2.05) is 6.07 Å². The molecule has 0 amide bonds. The molecule has 2 N–H and O–H groups in total. The number of rotatable bonds is 2. The monoisotopic (exact) mass is 305 g/mol. The van der Waals surface area contributed by atoms with Crippen LogP contribution in [0.2, 0.25) is 0 Å². The molecule has 2 aromatic heterocycles. The summed E-state index contributed by atoms with van der Waals surface area (Å²) in [7, 11) is 0. The Balaban J connectivity index is 1.90. The number of alkyl halides is 3. The fraction of sp³-hybridized carbons (Fsp3) is 0.0667. The molecule has 0 saturated carbocycles. The van der Waals surface area contributed by atoms with E-state index >= 15 is 0 Å². The molecular formula is C15H10F3N3O. The Kier molecular flexibility index (Phi) is 3.32. The van der Waals surface area contributed by atoms with Gasteiger partial charge in [0.05, 0.1) is 16.8 Å². The SMILES string of the molecule is Nc1cc(Oc2ccc(C(F)(F)F)cn2)cc2cccnc12. The van der Waals surface area contributed by atoms with Crippen LogP contribution in [0.25, 0.3) is 10.9 Å². The maximum absolute atomic E-state index is 12.5. The van der Waals surface area contributed by atoms with Crippen LogP contribution in [0.4, 0.5) is 18.9 Å². The van der Waals surface area contributed by atoms with E-state index in [0.29, 0.717) is 17.0 Å². The first-order valence-electron chi connectivity index (χ1n) is 6.29. The van der Waals surface area contributed by atoms with Crippen molar-refractivity contribution in [2.45, 2.75) is 6.18 Å². The van der Waals surface area contributed by atoms with Crippen molar-refractivity contribution in [1.29, 1.82) is 0 Å². The number of hydrogen-bond acceptors (Lipinski definition) is 4. The Bertz CT molecular complexity index is 816. The number of anilines is 1. The maximum Gasteiger partial charge on any atom is 0.417 e. The van der Waals surface area contributed by atoms with E-state index in [1.165, 1.54) is 0 Å². The van der Waals surface area contributed by atoms with Crippen molar-refractivity contribution < 1.29 is 17.9 Å². The summed E-state index contributed by atoms with van der Waals surface area (Å²) in [5, 5.41) is 0.768. The van der Waals surface area contributed by atoms with Gasteiger partial charge in [-0.3, -0.25) is 4.98 Å². The molecule has 112 valence electrons. The van der Waals surface area contributed by atoms with E-state index in [4.69, 9.17) is 10.5 Å². The van der Waals surface area contributed by atoms with Crippen LogP contribution >= 0.6 is 0 Å². The molecule has 0 radical (unpaired) electrons. The molecule has 0 bridgehead atoms. The van der Waals surface area contributed by atoms with Crippen LogP contribution in [0, 0.1) is 0 Å². The normalized spacial score (nSPS) is 11.6. The zero-order chi connectivity index (χ0) is 15.7. The summed E-state index contributed by atoms with van der Waals surface area (Å²) in [6, 6.07) is 8.88. The Morgan fingerprint density at radius 2 is 1.86 bits per heavy atom. The van der Waals surface area contributed by atoms with Crippen LogP contribution in [-0.4, -0.2) is 9.97 Å². The number of benzene rings is 1. The van der Waals surface area contributed by atoms with Gasteiger partial charge in [-0.05, 0) is 18.2 Å². The zero-order valence-electron chi connectivity index (χ0n) is 11.1. The second-order valence-corrected chi connectivity index (χ2v) is 4.57. The molecule has 3 aromatic rings. The summed E-state index contributed by atoms with van der Waals surface area (Å²) in [6.07, 6.45) is -2.08. The third-order valence-electron chi connectivity index (χ3n) is 2.99. The Morgan fingerprint density at radius 1 is 1.05 bits per heavy atom. The van der Waals surface area contributed by atoms with E-state index < -0.39 is 11.7 Å². The number of fused-ring (bicyclic) bond motifs is 1. The number of nitrogens with two attached hydrogens (primary N) is 1. The van der Waals surface area contributed by atoms with Crippen LogP contribution in [0.5, 0.6) is 11.6 Å². The highest BCUT2D eigenvalue weighted by Crippen LogP contribution is 2.31. The topological polar surface area (TPSA) is 61.0 Å². The summed E-state index contributed by atoms with van der Waals surface area (Å²) < 4.78 is 42.9. The second kappa shape index (κ2) is 5.18. The maximum atomic E-state index is 12.5. The molecule has 1 aromatic carbocycles.